The lowest BCUT2D eigenvalue weighted by Gasteiger charge is -2.34. The van der Waals surface area contributed by atoms with Crippen molar-refractivity contribution >= 4 is 23.0 Å². The fourth-order valence-electron chi connectivity index (χ4n) is 2.71. The smallest absolute Gasteiger partial charge is 0.293 e. The molecule has 1 aromatic carbocycles. The lowest BCUT2D eigenvalue weighted by Crippen LogP contribution is -2.50. The molecule has 24 heavy (non-hydrogen) atoms. The van der Waals surface area contributed by atoms with Crippen LogP contribution < -0.4 is 9.80 Å². The predicted molar refractivity (Wildman–Crippen MR) is 85.6 cm³/mol. The Balaban J connectivity index is 1.85. The van der Waals surface area contributed by atoms with E-state index in [9.17, 15) is 14.9 Å². The molecule has 0 atom stereocenters. The number of hydrogen-bond acceptors (Lipinski definition) is 6. The zero-order valence-corrected chi connectivity index (χ0v) is 12.9. The molecule has 0 saturated carbocycles. The predicted octanol–water partition coefficient (Wildman–Crippen LogP) is 1.05. The molecule has 1 aliphatic heterocycles. The van der Waals surface area contributed by atoms with Crippen molar-refractivity contribution in [1.29, 1.82) is 5.26 Å². The highest BCUT2D eigenvalue weighted by Crippen LogP contribution is 2.30. The van der Waals surface area contributed by atoms with E-state index in [1.54, 1.807) is 33.9 Å². The number of nitriles is 1. The van der Waals surface area contributed by atoms with Crippen LogP contribution in [-0.4, -0.2) is 40.2 Å². The maximum atomic E-state index is 12.4. The van der Waals surface area contributed by atoms with Gasteiger partial charge in [-0.25, -0.2) is 0 Å². The van der Waals surface area contributed by atoms with Crippen LogP contribution in [0, 0.1) is 21.4 Å². The van der Waals surface area contributed by atoms with Crippen LogP contribution in [0.2, 0.25) is 0 Å². The number of nitrogens with zero attached hydrogens (tertiary/aromatic N) is 6. The van der Waals surface area contributed by atoms with Crippen molar-refractivity contribution in [3.8, 4) is 6.07 Å². The minimum atomic E-state index is -0.534. The normalized spacial score (nSPS) is 14.6. The monoisotopic (exact) mass is 326 g/mol. The number of rotatable bonds is 3. The van der Waals surface area contributed by atoms with Crippen LogP contribution in [0.1, 0.15) is 5.56 Å². The molecule has 2 aromatic rings. The molecule has 122 valence electrons. The Morgan fingerprint density at radius 2 is 2.17 bits per heavy atom. The second-order valence-corrected chi connectivity index (χ2v) is 5.41. The van der Waals surface area contributed by atoms with E-state index in [4.69, 9.17) is 5.26 Å². The van der Waals surface area contributed by atoms with Crippen LogP contribution in [0.3, 0.4) is 0 Å². The quantitative estimate of drug-likeness (QED) is 0.616. The molecule has 0 bridgehead atoms. The van der Waals surface area contributed by atoms with Crippen LogP contribution in [-0.2, 0) is 11.8 Å². The number of anilines is 2. The fraction of sp³-hybridized carbons (Fsp3) is 0.267. The van der Waals surface area contributed by atoms with E-state index >= 15 is 0 Å². The Bertz CT molecular complexity index is 853. The van der Waals surface area contributed by atoms with Crippen molar-refractivity contribution in [2.24, 2.45) is 7.05 Å². The third-order valence-corrected chi connectivity index (χ3v) is 3.87. The molecule has 0 radical (unpaired) electrons. The highest BCUT2D eigenvalue weighted by molar-refractivity contribution is 5.97. The topological polar surface area (TPSA) is 108 Å². The van der Waals surface area contributed by atoms with E-state index in [0.717, 1.165) is 0 Å². The van der Waals surface area contributed by atoms with Gasteiger partial charge < -0.3 is 9.80 Å². The van der Waals surface area contributed by atoms with Gasteiger partial charge >= 0.3 is 0 Å². The summed E-state index contributed by atoms with van der Waals surface area (Å²) in [4.78, 5) is 26.4. The number of piperazine rings is 1. The first-order chi connectivity index (χ1) is 11.5. The lowest BCUT2D eigenvalue weighted by molar-refractivity contribution is -0.384. The van der Waals surface area contributed by atoms with E-state index in [2.05, 4.69) is 5.10 Å². The number of carbonyl (C=O) groups is 1. The molecule has 1 aliphatic rings. The third-order valence-electron chi connectivity index (χ3n) is 3.87. The number of amides is 1. The molecular formula is C15H14N6O3. The number of benzene rings is 1. The van der Waals surface area contributed by atoms with Crippen LogP contribution in [0.15, 0.2) is 30.6 Å². The molecule has 0 spiro atoms. The summed E-state index contributed by atoms with van der Waals surface area (Å²) in [6.45, 7) is 0.886. The Morgan fingerprint density at radius 1 is 1.38 bits per heavy atom. The van der Waals surface area contributed by atoms with E-state index in [1.807, 2.05) is 6.07 Å². The zero-order valence-electron chi connectivity index (χ0n) is 12.9. The van der Waals surface area contributed by atoms with Gasteiger partial charge in [0, 0.05) is 32.4 Å². The summed E-state index contributed by atoms with van der Waals surface area (Å²) in [5, 5.41) is 24.2. The summed E-state index contributed by atoms with van der Waals surface area (Å²) in [6.07, 6.45) is 3.36. The van der Waals surface area contributed by atoms with Crippen molar-refractivity contribution in [2.75, 3.05) is 29.4 Å². The first-order valence-corrected chi connectivity index (χ1v) is 7.22. The minimum Gasteiger partial charge on any atom is -0.355 e. The van der Waals surface area contributed by atoms with Gasteiger partial charge in [-0.2, -0.15) is 10.4 Å². The molecule has 1 fully saturated rings. The van der Waals surface area contributed by atoms with Gasteiger partial charge in [0.05, 0.1) is 35.0 Å². The maximum absolute atomic E-state index is 12.4. The van der Waals surface area contributed by atoms with E-state index in [0.29, 0.717) is 24.5 Å². The summed E-state index contributed by atoms with van der Waals surface area (Å²) in [5.41, 5.74) is 1.09. The Kier molecular flexibility index (Phi) is 3.87. The molecule has 9 heteroatoms. The molecule has 9 nitrogen and oxygen atoms in total. The zero-order chi connectivity index (χ0) is 17.3. The average Bonchev–Trinajstić information content (AvgIpc) is 3.00. The van der Waals surface area contributed by atoms with Crippen molar-refractivity contribution in [3.05, 3.63) is 46.3 Å². The molecule has 3 rings (SSSR count). The van der Waals surface area contributed by atoms with Gasteiger partial charge in [-0.1, -0.05) is 0 Å². The van der Waals surface area contributed by atoms with Crippen molar-refractivity contribution in [2.45, 2.75) is 0 Å². The van der Waals surface area contributed by atoms with Gasteiger partial charge in [-0.3, -0.25) is 19.6 Å². The van der Waals surface area contributed by atoms with Crippen molar-refractivity contribution < 1.29 is 9.72 Å². The van der Waals surface area contributed by atoms with Crippen LogP contribution >= 0.6 is 0 Å². The van der Waals surface area contributed by atoms with E-state index in [-0.39, 0.29) is 23.7 Å². The average molecular weight is 326 g/mol. The second kappa shape index (κ2) is 6.00. The SMILES string of the molecule is Cn1cc(N2CCN(c3ccc(C#N)cc3[N+](=O)[O-])CC2=O)cn1. The van der Waals surface area contributed by atoms with Gasteiger partial charge in [0.2, 0.25) is 5.91 Å². The lowest BCUT2D eigenvalue weighted by atomic mass is 10.1. The van der Waals surface area contributed by atoms with Gasteiger partial charge in [-0.15, -0.1) is 0 Å². The van der Waals surface area contributed by atoms with Gasteiger partial charge in [0.15, 0.2) is 0 Å². The summed E-state index contributed by atoms with van der Waals surface area (Å²) in [6, 6.07) is 6.15. The Labute approximate surface area is 137 Å². The summed E-state index contributed by atoms with van der Waals surface area (Å²) in [5.74, 6) is -0.159. The Hall–Kier alpha value is -3.41. The number of aromatic nitrogens is 2. The van der Waals surface area contributed by atoms with Crippen molar-refractivity contribution in [3.63, 3.8) is 0 Å². The summed E-state index contributed by atoms with van der Waals surface area (Å²) < 4.78 is 1.61. The number of aryl methyl sites for hydroxylation is 1. The van der Waals surface area contributed by atoms with E-state index in [1.165, 1.54) is 18.2 Å². The molecule has 1 aromatic heterocycles. The van der Waals surface area contributed by atoms with Gasteiger partial charge in [0.25, 0.3) is 5.69 Å². The second-order valence-electron chi connectivity index (χ2n) is 5.41. The van der Waals surface area contributed by atoms with Crippen LogP contribution in [0.4, 0.5) is 17.1 Å². The molecule has 0 aliphatic carbocycles. The largest absolute Gasteiger partial charge is 0.355 e. The number of carbonyl (C=O) groups excluding carboxylic acids is 1. The first-order valence-electron chi connectivity index (χ1n) is 7.22. The number of nitro benzene ring substituents is 1. The van der Waals surface area contributed by atoms with E-state index < -0.39 is 4.92 Å². The molecule has 1 saturated heterocycles. The molecule has 0 N–H and O–H groups in total. The van der Waals surface area contributed by atoms with Crippen LogP contribution in [0.25, 0.3) is 0 Å². The number of nitro groups is 1. The molecule has 0 unspecified atom stereocenters. The summed E-state index contributed by atoms with van der Waals surface area (Å²) >= 11 is 0. The number of hydrogen-bond donors (Lipinski definition) is 0. The molecule has 2 heterocycles. The Morgan fingerprint density at radius 3 is 2.75 bits per heavy atom. The van der Waals surface area contributed by atoms with Gasteiger partial charge in [-0.05, 0) is 12.1 Å². The standard InChI is InChI=1S/C15H14N6O3/c1-18-9-12(8-17-18)20-5-4-19(10-15(20)22)13-3-2-11(7-16)6-14(13)21(23)24/h2-3,6,8-9H,4-5,10H2,1H3. The molecule has 1 amide bonds. The minimum absolute atomic E-state index is 0.0294. The van der Waals surface area contributed by atoms with Gasteiger partial charge in [0.1, 0.15) is 5.69 Å². The molecular weight excluding hydrogens is 312 g/mol. The highest BCUT2D eigenvalue weighted by Gasteiger charge is 2.29. The maximum Gasteiger partial charge on any atom is 0.293 e. The van der Waals surface area contributed by atoms with Crippen molar-refractivity contribution in [1.82, 2.24) is 9.78 Å². The highest BCUT2D eigenvalue weighted by atomic mass is 16.6. The third kappa shape index (κ3) is 2.77. The first kappa shape index (κ1) is 15.5. The summed E-state index contributed by atoms with van der Waals surface area (Å²) in [7, 11) is 1.77. The van der Waals surface area contributed by atoms with Crippen LogP contribution in [0.5, 0.6) is 0 Å². The fourth-order valence-corrected chi connectivity index (χ4v) is 2.71.